The Hall–Kier alpha value is -0.980. The Morgan fingerprint density at radius 1 is 1.50 bits per heavy atom. The summed E-state index contributed by atoms with van der Waals surface area (Å²) in [5.74, 6) is 0. The fourth-order valence-electron chi connectivity index (χ4n) is 0.386. The molecule has 0 fully saturated rings. The van der Waals surface area contributed by atoms with Crippen LogP contribution >= 0.6 is 0 Å². The first-order valence-corrected chi connectivity index (χ1v) is 2.49. The Bertz CT molecular complexity index is 112. The highest BCUT2D eigenvalue weighted by molar-refractivity contribution is 5.16. The SMILES string of the molecule is C=CC/C(C=C)=C\N. The van der Waals surface area contributed by atoms with E-state index in [9.17, 15) is 0 Å². The summed E-state index contributed by atoms with van der Waals surface area (Å²) in [4.78, 5) is 0. The summed E-state index contributed by atoms with van der Waals surface area (Å²) in [6.07, 6.45) is 5.86. The molecule has 44 valence electrons. The molecule has 0 aliphatic heterocycles. The molecule has 0 rings (SSSR count). The second-order valence-electron chi connectivity index (χ2n) is 1.44. The van der Waals surface area contributed by atoms with E-state index in [1.807, 2.05) is 0 Å². The lowest BCUT2D eigenvalue weighted by molar-refractivity contribution is 1.27. The Balaban J connectivity index is 3.71. The zero-order valence-electron chi connectivity index (χ0n) is 4.93. The topological polar surface area (TPSA) is 26.0 Å². The van der Waals surface area contributed by atoms with Crippen LogP contribution in [-0.4, -0.2) is 0 Å². The van der Waals surface area contributed by atoms with Crippen LogP contribution in [0.3, 0.4) is 0 Å². The van der Waals surface area contributed by atoms with E-state index in [4.69, 9.17) is 5.73 Å². The van der Waals surface area contributed by atoms with E-state index < -0.39 is 0 Å². The highest BCUT2D eigenvalue weighted by Crippen LogP contribution is 1.98. The molecule has 8 heavy (non-hydrogen) atoms. The van der Waals surface area contributed by atoms with Crippen LogP contribution in [0.1, 0.15) is 6.42 Å². The molecular formula is C7H11N. The van der Waals surface area contributed by atoms with Crippen LogP contribution in [0.5, 0.6) is 0 Å². The van der Waals surface area contributed by atoms with Crippen molar-refractivity contribution < 1.29 is 0 Å². The molecule has 2 N–H and O–H groups in total. The standard InChI is InChI=1S/C7H11N/c1-3-5-7(4-2)6-8/h3-4,6H,1-2,5,8H2/b7-6-. The molecule has 0 aromatic carbocycles. The van der Waals surface area contributed by atoms with Gasteiger partial charge in [0.05, 0.1) is 0 Å². The van der Waals surface area contributed by atoms with Crippen molar-refractivity contribution in [1.29, 1.82) is 0 Å². The van der Waals surface area contributed by atoms with Gasteiger partial charge in [0, 0.05) is 0 Å². The van der Waals surface area contributed by atoms with E-state index in [-0.39, 0.29) is 0 Å². The molecule has 0 heterocycles. The first-order valence-electron chi connectivity index (χ1n) is 2.49. The molecule has 0 unspecified atom stereocenters. The molecule has 0 saturated heterocycles. The summed E-state index contributed by atoms with van der Waals surface area (Å²) in [7, 11) is 0. The third-order valence-corrected chi connectivity index (χ3v) is 0.856. The fraction of sp³-hybridized carbons (Fsp3) is 0.143. The van der Waals surface area contributed by atoms with Gasteiger partial charge in [0.1, 0.15) is 0 Å². The predicted molar refractivity (Wildman–Crippen MR) is 37.3 cm³/mol. The van der Waals surface area contributed by atoms with E-state index >= 15 is 0 Å². The third-order valence-electron chi connectivity index (χ3n) is 0.856. The zero-order chi connectivity index (χ0) is 6.41. The highest BCUT2D eigenvalue weighted by atomic mass is 14.5. The molecular weight excluding hydrogens is 98.1 g/mol. The molecule has 0 aliphatic carbocycles. The maximum absolute atomic E-state index is 5.19. The van der Waals surface area contributed by atoms with Crippen molar-refractivity contribution >= 4 is 0 Å². The molecule has 1 nitrogen and oxygen atoms in total. The minimum atomic E-state index is 0.806. The summed E-state index contributed by atoms with van der Waals surface area (Å²) in [6, 6.07) is 0. The third kappa shape index (κ3) is 2.24. The molecule has 0 saturated carbocycles. The summed E-state index contributed by atoms with van der Waals surface area (Å²) in [6.45, 7) is 7.11. The largest absolute Gasteiger partial charge is 0.404 e. The second-order valence-corrected chi connectivity index (χ2v) is 1.44. The average molecular weight is 109 g/mol. The van der Waals surface area contributed by atoms with Crippen LogP contribution in [0.25, 0.3) is 0 Å². The van der Waals surface area contributed by atoms with Gasteiger partial charge in [-0.1, -0.05) is 18.7 Å². The van der Waals surface area contributed by atoms with Crippen molar-refractivity contribution in [3.8, 4) is 0 Å². The first kappa shape index (κ1) is 7.02. The van der Waals surface area contributed by atoms with E-state index in [0.29, 0.717) is 0 Å². The van der Waals surface area contributed by atoms with Crippen molar-refractivity contribution in [2.45, 2.75) is 6.42 Å². The second kappa shape index (κ2) is 4.19. The van der Waals surface area contributed by atoms with Crippen molar-refractivity contribution in [2.24, 2.45) is 5.73 Å². The predicted octanol–water partition coefficient (Wildman–Crippen LogP) is 1.59. The molecule has 0 bridgehead atoms. The lowest BCUT2D eigenvalue weighted by Gasteiger charge is -1.89. The molecule has 0 spiro atoms. The minimum absolute atomic E-state index is 0.806. The van der Waals surface area contributed by atoms with Crippen molar-refractivity contribution in [3.63, 3.8) is 0 Å². The van der Waals surface area contributed by atoms with E-state index in [2.05, 4.69) is 13.2 Å². The maximum atomic E-state index is 5.19. The van der Waals surface area contributed by atoms with E-state index in [0.717, 1.165) is 12.0 Å². The van der Waals surface area contributed by atoms with Gasteiger partial charge >= 0.3 is 0 Å². The average Bonchev–Trinajstić information content (AvgIpc) is 1.83. The first-order chi connectivity index (χ1) is 3.85. The van der Waals surface area contributed by atoms with Gasteiger partial charge in [0.15, 0.2) is 0 Å². The van der Waals surface area contributed by atoms with Crippen molar-refractivity contribution in [3.05, 3.63) is 37.1 Å². The van der Waals surface area contributed by atoms with Crippen LogP contribution in [0.15, 0.2) is 37.1 Å². The molecule has 0 amide bonds. The summed E-state index contributed by atoms with van der Waals surface area (Å²) >= 11 is 0. The van der Waals surface area contributed by atoms with Gasteiger partial charge in [-0.05, 0) is 18.2 Å². The minimum Gasteiger partial charge on any atom is -0.404 e. The molecule has 0 aromatic rings. The van der Waals surface area contributed by atoms with Gasteiger partial charge in [-0.15, -0.1) is 6.58 Å². The quantitative estimate of drug-likeness (QED) is 0.432. The Kier molecular flexibility index (Phi) is 3.67. The highest BCUT2D eigenvalue weighted by Gasteiger charge is 1.80. The Labute approximate surface area is 50.2 Å². The lowest BCUT2D eigenvalue weighted by Crippen LogP contribution is -1.82. The molecule has 0 aliphatic rings. The van der Waals surface area contributed by atoms with Crippen molar-refractivity contribution in [1.82, 2.24) is 0 Å². The molecule has 0 atom stereocenters. The van der Waals surface area contributed by atoms with E-state index in [1.54, 1.807) is 12.2 Å². The zero-order valence-corrected chi connectivity index (χ0v) is 4.93. The number of rotatable bonds is 3. The monoisotopic (exact) mass is 109 g/mol. The van der Waals surface area contributed by atoms with Crippen LogP contribution in [-0.2, 0) is 0 Å². The van der Waals surface area contributed by atoms with Gasteiger partial charge < -0.3 is 5.73 Å². The van der Waals surface area contributed by atoms with Crippen LogP contribution < -0.4 is 5.73 Å². The lowest BCUT2D eigenvalue weighted by atomic mass is 10.2. The normalized spacial score (nSPS) is 10.8. The maximum Gasteiger partial charge on any atom is -0.00267 e. The number of allylic oxidation sites excluding steroid dienone is 3. The Morgan fingerprint density at radius 3 is 2.25 bits per heavy atom. The number of hydrogen-bond donors (Lipinski definition) is 1. The van der Waals surface area contributed by atoms with Crippen molar-refractivity contribution in [2.75, 3.05) is 0 Å². The van der Waals surface area contributed by atoms with Crippen LogP contribution in [0.4, 0.5) is 0 Å². The Morgan fingerprint density at radius 2 is 2.12 bits per heavy atom. The number of nitrogens with two attached hydrogens (primary N) is 1. The summed E-state index contributed by atoms with van der Waals surface area (Å²) < 4.78 is 0. The van der Waals surface area contributed by atoms with Gasteiger partial charge in [0.2, 0.25) is 0 Å². The summed E-state index contributed by atoms with van der Waals surface area (Å²) in [5, 5.41) is 0. The van der Waals surface area contributed by atoms with Gasteiger partial charge in [-0.25, -0.2) is 0 Å². The van der Waals surface area contributed by atoms with Gasteiger partial charge in [0.25, 0.3) is 0 Å². The van der Waals surface area contributed by atoms with E-state index in [1.165, 1.54) is 6.20 Å². The summed E-state index contributed by atoms with van der Waals surface area (Å²) in [5.41, 5.74) is 6.20. The van der Waals surface area contributed by atoms with Crippen LogP contribution in [0, 0.1) is 0 Å². The fourth-order valence-corrected chi connectivity index (χ4v) is 0.386. The van der Waals surface area contributed by atoms with Gasteiger partial charge in [-0.2, -0.15) is 0 Å². The van der Waals surface area contributed by atoms with Crippen LogP contribution in [0.2, 0.25) is 0 Å². The smallest absolute Gasteiger partial charge is 0.00267 e. The molecule has 1 heteroatoms. The molecule has 0 aromatic heterocycles. The van der Waals surface area contributed by atoms with Gasteiger partial charge in [-0.3, -0.25) is 0 Å². The number of hydrogen-bond acceptors (Lipinski definition) is 1. The molecule has 0 radical (unpaired) electrons.